The fraction of sp³-hybridized carbons (Fsp3) is 0.143. The Balaban J connectivity index is 2.25. The second kappa shape index (κ2) is 6.63. The van der Waals surface area contributed by atoms with E-state index in [0.717, 1.165) is 10.6 Å². The second-order valence-corrected chi connectivity index (χ2v) is 5.30. The number of rotatable bonds is 5. The third-order valence-corrected chi connectivity index (χ3v) is 4.00. The Morgan fingerprint density at radius 2 is 2.00 bits per heavy atom. The van der Waals surface area contributed by atoms with E-state index in [4.69, 9.17) is 11.6 Å². The average Bonchev–Trinajstić information content (AvgIpc) is 2.46. The summed E-state index contributed by atoms with van der Waals surface area (Å²) >= 11 is 7.68. The van der Waals surface area contributed by atoms with E-state index in [1.165, 1.54) is 6.07 Å². The van der Waals surface area contributed by atoms with Crippen molar-refractivity contribution in [3.05, 3.63) is 63.2 Å². The predicted molar refractivity (Wildman–Crippen MR) is 83.7 cm³/mol. The monoisotopic (exact) mass is 308 g/mol. The van der Waals surface area contributed by atoms with Crippen molar-refractivity contribution in [2.24, 2.45) is 0 Å². The van der Waals surface area contributed by atoms with Crippen molar-refractivity contribution in [1.29, 1.82) is 0 Å². The first-order valence-corrected chi connectivity index (χ1v) is 7.52. The van der Waals surface area contributed by atoms with Crippen LogP contribution >= 0.6 is 23.4 Å². The molecule has 0 heterocycles. The highest BCUT2D eigenvalue weighted by Crippen LogP contribution is 2.29. The van der Waals surface area contributed by atoms with Gasteiger partial charge in [0.1, 0.15) is 0 Å². The van der Waals surface area contributed by atoms with Crippen LogP contribution in [0.2, 0.25) is 5.02 Å². The topological polar surface area (TPSA) is 55.2 Å². The van der Waals surface area contributed by atoms with Crippen LogP contribution in [-0.2, 0) is 6.54 Å². The van der Waals surface area contributed by atoms with E-state index in [9.17, 15) is 10.1 Å². The van der Waals surface area contributed by atoms with E-state index in [-0.39, 0.29) is 5.69 Å². The van der Waals surface area contributed by atoms with Gasteiger partial charge in [0.25, 0.3) is 5.69 Å². The maximum atomic E-state index is 11.0. The number of halogens is 1. The van der Waals surface area contributed by atoms with E-state index in [1.807, 2.05) is 30.5 Å². The van der Waals surface area contributed by atoms with Crippen LogP contribution in [0, 0.1) is 10.1 Å². The lowest BCUT2D eigenvalue weighted by molar-refractivity contribution is -0.385. The predicted octanol–water partition coefficient (Wildman–Crippen LogP) is 4.58. The van der Waals surface area contributed by atoms with Crippen LogP contribution in [-0.4, -0.2) is 11.2 Å². The normalized spacial score (nSPS) is 10.3. The molecular weight excluding hydrogens is 296 g/mol. The molecule has 0 aromatic heterocycles. The Morgan fingerprint density at radius 1 is 1.25 bits per heavy atom. The summed E-state index contributed by atoms with van der Waals surface area (Å²) in [5, 5.41) is 14.6. The third kappa shape index (κ3) is 3.23. The summed E-state index contributed by atoms with van der Waals surface area (Å²) in [5.41, 5.74) is 1.47. The summed E-state index contributed by atoms with van der Waals surface area (Å²) in [6, 6.07) is 12.5. The van der Waals surface area contributed by atoms with Crippen molar-refractivity contribution >= 4 is 34.7 Å². The molecule has 0 saturated heterocycles. The summed E-state index contributed by atoms with van der Waals surface area (Å²) in [4.78, 5) is 11.7. The fourth-order valence-corrected chi connectivity index (χ4v) is 2.68. The molecule has 0 aliphatic heterocycles. The van der Waals surface area contributed by atoms with Crippen molar-refractivity contribution in [2.45, 2.75) is 11.4 Å². The minimum absolute atomic E-state index is 0.0339. The highest BCUT2D eigenvalue weighted by atomic mass is 35.5. The Hall–Kier alpha value is -1.72. The van der Waals surface area contributed by atoms with Gasteiger partial charge in [0.05, 0.1) is 15.5 Å². The molecule has 104 valence electrons. The van der Waals surface area contributed by atoms with Crippen molar-refractivity contribution < 1.29 is 4.92 Å². The molecular formula is C14H13ClN2O2S. The van der Waals surface area contributed by atoms with Gasteiger partial charge in [-0.05, 0) is 24.5 Å². The first-order valence-electron chi connectivity index (χ1n) is 5.92. The quantitative estimate of drug-likeness (QED) is 0.499. The molecule has 0 unspecified atom stereocenters. The van der Waals surface area contributed by atoms with E-state index < -0.39 is 4.92 Å². The van der Waals surface area contributed by atoms with E-state index in [0.29, 0.717) is 17.1 Å². The smallest absolute Gasteiger partial charge is 0.275 e. The summed E-state index contributed by atoms with van der Waals surface area (Å²) in [5.74, 6) is 0. The van der Waals surface area contributed by atoms with E-state index in [2.05, 4.69) is 5.32 Å². The van der Waals surface area contributed by atoms with Gasteiger partial charge in [0, 0.05) is 23.2 Å². The van der Waals surface area contributed by atoms with Gasteiger partial charge in [-0.15, -0.1) is 11.8 Å². The molecule has 2 aromatic rings. The minimum Gasteiger partial charge on any atom is -0.380 e. The molecule has 0 radical (unpaired) electrons. The van der Waals surface area contributed by atoms with Crippen LogP contribution in [0.15, 0.2) is 47.4 Å². The second-order valence-electron chi connectivity index (χ2n) is 4.05. The number of hydrogen-bond donors (Lipinski definition) is 1. The molecule has 20 heavy (non-hydrogen) atoms. The van der Waals surface area contributed by atoms with Crippen molar-refractivity contribution in [1.82, 2.24) is 0 Å². The third-order valence-electron chi connectivity index (χ3n) is 2.85. The first-order chi connectivity index (χ1) is 9.63. The molecule has 0 saturated carbocycles. The molecule has 0 fully saturated rings. The zero-order valence-electron chi connectivity index (χ0n) is 10.8. The highest BCUT2D eigenvalue weighted by molar-refractivity contribution is 7.98. The standard InChI is InChI=1S/C14H13ClN2O2S/c1-20-14-8-3-2-6-12(14)16-9-10-11(15)5-4-7-13(10)17(18)19/h2-8,16H,9H2,1H3. The molecule has 1 N–H and O–H groups in total. The first kappa shape index (κ1) is 14.7. The number of nitrogens with zero attached hydrogens (tertiary/aromatic N) is 1. The number of hydrogen-bond acceptors (Lipinski definition) is 4. The van der Waals surface area contributed by atoms with Gasteiger partial charge < -0.3 is 5.32 Å². The van der Waals surface area contributed by atoms with E-state index >= 15 is 0 Å². The van der Waals surface area contributed by atoms with Crippen LogP contribution in [0.3, 0.4) is 0 Å². The maximum absolute atomic E-state index is 11.0. The largest absolute Gasteiger partial charge is 0.380 e. The number of nitrogens with one attached hydrogen (secondary N) is 1. The van der Waals surface area contributed by atoms with Crippen molar-refractivity contribution in [3.8, 4) is 0 Å². The molecule has 0 bridgehead atoms. The Bertz CT molecular complexity index is 634. The van der Waals surface area contributed by atoms with Gasteiger partial charge in [-0.1, -0.05) is 29.8 Å². The van der Waals surface area contributed by atoms with Crippen LogP contribution < -0.4 is 5.32 Å². The minimum atomic E-state index is -0.413. The zero-order chi connectivity index (χ0) is 14.5. The van der Waals surface area contributed by atoms with Gasteiger partial charge in [-0.25, -0.2) is 0 Å². The lowest BCUT2D eigenvalue weighted by atomic mass is 10.1. The van der Waals surface area contributed by atoms with Gasteiger partial charge in [0.15, 0.2) is 0 Å². The summed E-state index contributed by atoms with van der Waals surface area (Å²) in [7, 11) is 0. The Morgan fingerprint density at radius 3 is 2.70 bits per heavy atom. The maximum Gasteiger partial charge on any atom is 0.275 e. The molecule has 6 heteroatoms. The Labute approximate surface area is 126 Å². The van der Waals surface area contributed by atoms with Gasteiger partial charge in [-0.2, -0.15) is 0 Å². The molecule has 0 aliphatic carbocycles. The number of para-hydroxylation sites is 1. The molecule has 0 amide bonds. The molecule has 2 rings (SSSR count). The zero-order valence-corrected chi connectivity index (χ0v) is 12.4. The van der Waals surface area contributed by atoms with Gasteiger partial charge in [0.2, 0.25) is 0 Å². The molecule has 2 aromatic carbocycles. The SMILES string of the molecule is CSc1ccccc1NCc1c(Cl)cccc1[N+](=O)[O-]. The lowest BCUT2D eigenvalue weighted by Gasteiger charge is -2.11. The Kier molecular flexibility index (Phi) is 4.87. The average molecular weight is 309 g/mol. The number of benzene rings is 2. The van der Waals surface area contributed by atoms with Crippen molar-refractivity contribution in [3.63, 3.8) is 0 Å². The number of thioether (sulfide) groups is 1. The van der Waals surface area contributed by atoms with Crippen LogP contribution in [0.5, 0.6) is 0 Å². The lowest BCUT2D eigenvalue weighted by Crippen LogP contribution is -2.04. The molecule has 0 atom stereocenters. The molecule has 4 nitrogen and oxygen atoms in total. The van der Waals surface area contributed by atoms with Crippen LogP contribution in [0.25, 0.3) is 0 Å². The number of anilines is 1. The van der Waals surface area contributed by atoms with Gasteiger partial charge in [-0.3, -0.25) is 10.1 Å². The summed E-state index contributed by atoms with van der Waals surface area (Å²) < 4.78 is 0. The molecule has 0 spiro atoms. The number of nitro groups is 1. The summed E-state index contributed by atoms with van der Waals surface area (Å²) in [6.07, 6.45) is 1.98. The van der Waals surface area contributed by atoms with E-state index in [1.54, 1.807) is 23.9 Å². The highest BCUT2D eigenvalue weighted by Gasteiger charge is 2.16. The van der Waals surface area contributed by atoms with Gasteiger partial charge >= 0.3 is 0 Å². The van der Waals surface area contributed by atoms with Crippen LogP contribution in [0.4, 0.5) is 11.4 Å². The molecule has 0 aliphatic rings. The van der Waals surface area contributed by atoms with Crippen molar-refractivity contribution in [2.75, 3.05) is 11.6 Å². The van der Waals surface area contributed by atoms with Crippen LogP contribution in [0.1, 0.15) is 5.56 Å². The fourth-order valence-electron chi connectivity index (χ4n) is 1.87. The summed E-state index contributed by atoms with van der Waals surface area (Å²) in [6.45, 7) is 0.313. The number of nitro benzene ring substituents is 1.